The van der Waals surface area contributed by atoms with E-state index in [0.717, 1.165) is 28.1 Å². The molecule has 0 aliphatic carbocycles. The molecule has 0 aliphatic rings. The molecule has 5 heteroatoms. The van der Waals surface area contributed by atoms with E-state index in [2.05, 4.69) is 14.5 Å². The van der Waals surface area contributed by atoms with E-state index in [9.17, 15) is 4.79 Å². The summed E-state index contributed by atoms with van der Waals surface area (Å²) in [5.41, 5.74) is 3.87. The van der Waals surface area contributed by atoms with Gasteiger partial charge in [0.2, 0.25) is 0 Å². The van der Waals surface area contributed by atoms with Crippen LogP contribution in [0.1, 0.15) is 18.3 Å². The van der Waals surface area contributed by atoms with E-state index in [1.807, 2.05) is 37.3 Å². The topological polar surface area (TPSA) is 57.0 Å². The van der Waals surface area contributed by atoms with Crippen LogP contribution in [0.15, 0.2) is 42.7 Å². The molecular formula is C16H15N3O2. The molecule has 0 bridgehead atoms. The van der Waals surface area contributed by atoms with Crippen molar-refractivity contribution in [1.82, 2.24) is 14.5 Å². The Hall–Kier alpha value is -2.69. The van der Waals surface area contributed by atoms with E-state index in [1.54, 1.807) is 12.4 Å². The number of carbonyl (C=O) groups is 1. The lowest BCUT2D eigenvalue weighted by molar-refractivity contribution is -0.142. The molecule has 3 rings (SSSR count). The number of imidazole rings is 1. The normalized spacial score (nSPS) is 10.8. The number of aromatic nitrogens is 3. The van der Waals surface area contributed by atoms with Gasteiger partial charge >= 0.3 is 5.97 Å². The Kier molecular flexibility index (Phi) is 3.39. The van der Waals surface area contributed by atoms with Gasteiger partial charge in [-0.1, -0.05) is 12.1 Å². The lowest BCUT2D eigenvalue weighted by Crippen LogP contribution is -2.00. The number of benzene rings is 1. The SMILES string of the molecule is CC(=O)OCc1ccc(-n2c(C)nc3cnccc32)cc1. The van der Waals surface area contributed by atoms with Gasteiger partial charge in [0, 0.05) is 18.8 Å². The van der Waals surface area contributed by atoms with Crippen molar-refractivity contribution in [3.63, 3.8) is 0 Å². The van der Waals surface area contributed by atoms with Crippen molar-refractivity contribution in [2.45, 2.75) is 20.5 Å². The Morgan fingerprint density at radius 1 is 1.24 bits per heavy atom. The van der Waals surface area contributed by atoms with Crippen LogP contribution >= 0.6 is 0 Å². The fourth-order valence-corrected chi connectivity index (χ4v) is 2.30. The van der Waals surface area contributed by atoms with Gasteiger partial charge in [0.25, 0.3) is 0 Å². The predicted molar refractivity (Wildman–Crippen MR) is 79.1 cm³/mol. The number of nitrogens with zero attached hydrogens (tertiary/aromatic N) is 3. The van der Waals surface area contributed by atoms with E-state index in [-0.39, 0.29) is 5.97 Å². The highest BCUT2D eigenvalue weighted by molar-refractivity contribution is 5.77. The maximum absolute atomic E-state index is 10.8. The summed E-state index contributed by atoms with van der Waals surface area (Å²) in [5, 5.41) is 0. The second kappa shape index (κ2) is 5.36. The standard InChI is InChI=1S/C16H15N3O2/c1-11-18-15-9-17-8-7-16(15)19(11)14-5-3-13(4-6-14)10-21-12(2)20/h3-9H,10H2,1-2H3. The molecule has 0 spiro atoms. The Labute approximate surface area is 122 Å². The Morgan fingerprint density at radius 2 is 2.00 bits per heavy atom. The van der Waals surface area contributed by atoms with E-state index >= 15 is 0 Å². The molecule has 0 fully saturated rings. The quantitative estimate of drug-likeness (QED) is 0.693. The molecule has 0 saturated heterocycles. The highest BCUT2D eigenvalue weighted by Crippen LogP contribution is 2.20. The van der Waals surface area contributed by atoms with Crippen LogP contribution in [0.4, 0.5) is 0 Å². The summed E-state index contributed by atoms with van der Waals surface area (Å²) in [6.45, 7) is 3.67. The minimum atomic E-state index is -0.275. The molecule has 0 aliphatic heterocycles. The predicted octanol–water partition coefficient (Wildman–Crippen LogP) is 2.79. The van der Waals surface area contributed by atoms with Crippen molar-refractivity contribution in [2.24, 2.45) is 0 Å². The fourth-order valence-electron chi connectivity index (χ4n) is 2.30. The minimum Gasteiger partial charge on any atom is -0.461 e. The van der Waals surface area contributed by atoms with Crippen LogP contribution in [0, 0.1) is 6.92 Å². The summed E-state index contributed by atoms with van der Waals surface area (Å²) in [7, 11) is 0. The summed E-state index contributed by atoms with van der Waals surface area (Å²) < 4.78 is 7.06. The zero-order chi connectivity index (χ0) is 14.8. The van der Waals surface area contributed by atoms with Gasteiger partial charge in [-0.05, 0) is 30.7 Å². The number of hydrogen-bond acceptors (Lipinski definition) is 4. The van der Waals surface area contributed by atoms with Gasteiger partial charge in [-0.15, -0.1) is 0 Å². The summed E-state index contributed by atoms with van der Waals surface area (Å²) >= 11 is 0. The number of carbonyl (C=O) groups excluding carboxylic acids is 1. The second-order valence-electron chi connectivity index (χ2n) is 4.81. The third kappa shape index (κ3) is 2.63. The fraction of sp³-hybridized carbons (Fsp3) is 0.188. The van der Waals surface area contributed by atoms with Gasteiger partial charge in [0.15, 0.2) is 0 Å². The molecule has 1 aromatic carbocycles. The van der Waals surface area contributed by atoms with Crippen LogP contribution in [-0.2, 0) is 16.1 Å². The molecule has 2 heterocycles. The van der Waals surface area contributed by atoms with Crippen LogP contribution in [0.5, 0.6) is 0 Å². The van der Waals surface area contributed by atoms with Crippen molar-refractivity contribution in [3.8, 4) is 5.69 Å². The largest absolute Gasteiger partial charge is 0.461 e. The maximum Gasteiger partial charge on any atom is 0.302 e. The van der Waals surface area contributed by atoms with Crippen molar-refractivity contribution in [3.05, 3.63) is 54.1 Å². The third-order valence-electron chi connectivity index (χ3n) is 3.26. The molecule has 0 saturated carbocycles. The van der Waals surface area contributed by atoms with Crippen molar-refractivity contribution in [2.75, 3.05) is 0 Å². The highest BCUT2D eigenvalue weighted by atomic mass is 16.5. The number of pyridine rings is 1. The van der Waals surface area contributed by atoms with E-state index in [4.69, 9.17) is 4.74 Å². The molecular weight excluding hydrogens is 266 g/mol. The first-order valence-corrected chi connectivity index (χ1v) is 6.67. The number of esters is 1. The molecule has 5 nitrogen and oxygen atoms in total. The van der Waals surface area contributed by atoms with Crippen LogP contribution in [-0.4, -0.2) is 20.5 Å². The van der Waals surface area contributed by atoms with E-state index < -0.39 is 0 Å². The number of ether oxygens (including phenoxy) is 1. The first-order valence-electron chi connectivity index (χ1n) is 6.67. The second-order valence-corrected chi connectivity index (χ2v) is 4.81. The molecule has 0 radical (unpaired) electrons. The average molecular weight is 281 g/mol. The monoisotopic (exact) mass is 281 g/mol. The molecule has 3 aromatic rings. The number of fused-ring (bicyclic) bond motifs is 1. The molecule has 0 amide bonds. The Balaban J connectivity index is 1.96. The van der Waals surface area contributed by atoms with Gasteiger partial charge in [0.1, 0.15) is 17.9 Å². The van der Waals surface area contributed by atoms with Crippen molar-refractivity contribution >= 4 is 17.0 Å². The lowest BCUT2D eigenvalue weighted by Gasteiger charge is -2.08. The third-order valence-corrected chi connectivity index (χ3v) is 3.26. The van der Waals surface area contributed by atoms with Crippen LogP contribution in [0.2, 0.25) is 0 Å². The number of hydrogen-bond donors (Lipinski definition) is 0. The first-order chi connectivity index (χ1) is 10.1. The summed E-state index contributed by atoms with van der Waals surface area (Å²) in [6.07, 6.45) is 3.52. The molecule has 21 heavy (non-hydrogen) atoms. The van der Waals surface area contributed by atoms with Gasteiger partial charge in [-0.2, -0.15) is 0 Å². The summed E-state index contributed by atoms with van der Waals surface area (Å²) in [6, 6.07) is 9.83. The minimum absolute atomic E-state index is 0.275. The lowest BCUT2D eigenvalue weighted by atomic mass is 10.2. The number of rotatable bonds is 3. The van der Waals surface area contributed by atoms with Crippen LogP contribution in [0.3, 0.4) is 0 Å². The molecule has 0 atom stereocenters. The van der Waals surface area contributed by atoms with E-state index in [1.165, 1.54) is 6.92 Å². The van der Waals surface area contributed by atoms with Crippen LogP contribution < -0.4 is 0 Å². The van der Waals surface area contributed by atoms with Gasteiger partial charge in [-0.3, -0.25) is 14.3 Å². The Bertz CT molecular complexity index is 791. The zero-order valence-corrected chi connectivity index (χ0v) is 11.9. The highest BCUT2D eigenvalue weighted by Gasteiger charge is 2.09. The zero-order valence-electron chi connectivity index (χ0n) is 11.9. The summed E-state index contributed by atoms with van der Waals surface area (Å²) in [5.74, 6) is 0.633. The van der Waals surface area contributed by atoms with Crippen LogP contribution in [0.25, 0.3) is 16.7 Å². The van der Waals surface area contributed by atoms with Gasteiger partial charge < -0.3 is 4.74 Å². The molecule has 2 aromatic heterocycles. The Morgan fingerprint density at radius 3 is 2.71 bits per heavy atom. The van der Waals surface area contributed by atoms with Crippen molar-refractivity contribution < 1.29 is 9.53 Å². The molecule has 0 N–H and O–H groups in total. The first kappa shape index (κ1) is 13.3. The summed E-state index contributed by atoms with van der Waals surface area (Å²) in [4.78, 5) is 19.4. The average Bonchev–Trinajstić information content (AvgIpc) is 2.81. The number of aryl methyl sites for hydroxylation is 1. The molecule has 0 unspecified atom stereocenters. The smallest absolute Gasteiger partial charge is 0.302 e. The van der Waals surface area contributed by atoms with Crippen molar-refractivity contribution in [1.29, 1.82) is 0 Å². The van der Waals surface area contributed by atoms with Gasteiger partial charge in [-0.25, -0.2) is 4.98 Å². The molecule has 106 valence electrons. The van der Waals surface area contributed by atoms with E-state index in [0.29, 0.717) is 6.61 Å². The van der Waals surface area contributed by atoms with Gasteiger partial charge in [0.05, 0.1) is 11.7 Å². The maximum atomic E-state index is 10.8.